The van der Waals surface area contributed by atoms with Gasteiger partial charge in [0.05, 0.1) is 13.2 Å². The summed E-state index contributed by atoms with van der Waals surface area (Å²) in [5, 5.41) is 0.472. The molecule has 0 bridgehead atoms. The lowest BCUT2D eigenvalue weighted by Gasteiger charge is -2.19. The molecule has 0 saturated heterocycles. The lowest BCUT2D eigenvalue weighted by molar-refractivity contribution is 0.143. The fourth-order valence-electron chi connectivity index (χ4n) is 2.20. The Morgan fingerprint density at radius 1 is 0.731 bits per heavy atom. The molecule has 0 N–H and O–H groups in total. The SMILES string of the molecule is O=P(OCc1ccccc1)(OCc1ccccc1)Oc1cccc(Cl)c1. The molecular weight excluding hydrogens is 371 g/mol. The van der Waals surface area contributed by atoms with E-state index in [0.717, 1.165) is 11.1 Å². The van der Waals surface area contributed by atoms with E-state index in [1.54, 1.807) is 24.3 Å². The standard InChI is InChI=1S/C20H18ClO4P/c21-19-12-7-13-20(14-19)25-26(22,23-15-17-8-3-1-4-9-17)24-16-18-10-5-2-6-11-18/h1-14H,15-16H2. The molecule has 4 nitrogen and oxygen atoms in total. The number of hydrogen-bond acceptors (Lipinski definition) is 4. The molecule has 0 saturated carbocycles. The van der Waals surface area contributed by atoms with Gasteiger partial charge in [-0.05, 0) is 29.3 Å². The molecule has 0 spiro atoms. The predicted molar refractivity (Wildman–Crippen MR) is 102 cm³/mol. The fourth-order valence-corrected chi connectivity index (χ4v) is 3.54. The Labute approximate surface area is 157 Å². The van der Waals surface area contributed by atoms with Crippen molar-refractivity contribution in [2.75, 3.05) is 0 Å². The van der Waals surface area contributed by atoms with Gasteiger partial charge >= 0.3 is 7.82 Å². The lowest BCUT2D eigenvalue weighted by Crippen LogP contribution is -2.03. The van der Waals surface area contributed by atoms with E-state index in [1.165, 1.54) is 0 Å². The summed E-state index contributed by atoms with van der Waals surface area (Å²) < 4.78 is 29.8. The van der Waals surface area contributed by atoms with Crippen LogP contribution in [-0.4, -0.2) is 0 Å². The summed E-state index contributed by atoms with van der Waals surface area (Å²) in [7, 11) is -3.85. The highest BCUT2D eigenvalue weighted by atomic mass is 35.5. The van der Waals surface area contributed by atoms with Crippen LogP contribution in [0.3, 0.4) is 0 Å². The van der Waals surface area contributed by atoms with Crippen LogP contribution in [0.1, 0.15) is 11.1 Å². The van der Waals surface area contributed by atoms with Crippen LogP contribution in [0.4, 0.5) is 0 Å². The average Bonchev–Trinajstić information content (AvgIpc) is 2.67. The minimum atomic E-state index is -3.85. The zero-order chi connectivity index (χ0) is 18.2. The van der Waals surface area contributed by atoms with Gasteiger partial charge in [0, 0.05) is 5.02 Å². The summed E-state index contributed by atoms with van der Waals surface area (Å²) in [6.45, 7) is 0.209. The largest absolute Gasteiger partial charge is 0.530 e. The van der Waals surface area contributed by atoms with Crippen molar-refractivity contribution in [1.29, 1.82) is 0 Å². The molecule has 26 heavy (non-hydrogen) atoms. The Kier molecular flexibility index (Phi) is 6.48. The minimum absolute atomic E-state index is 0.105. The molecule has 0 aliphatic carbocycles. The van der Waals surface area contributed by atoms with Gasteiger partial charge < -0.3 is 4.52 Å². The molecule has 6 heteroatoms. The van der Waals surface area contributed by atoms with Crippen LogP contribution >= 0.6 is 19.4 Å². The van der Waals surface area contributed by atoms with Crippen LogP contribution in [0.5, 0.6) is 5.75 Å². The molecule has 3 aromatic rings. The molecule has 0 atom stereocenters. The van der Waals surface area contributed by atoms with Gasteiger partial charge in [-0.1, -0.05) is 78.3 Å². The van der Waals surface area contributed by atoms with Crippen LogP contribution in [0.2, 0.25) is 5.02 Å². The van der Waals surface area contributed by atoms with E-state index in [2.05, 4.69) is 0 Å². The maximum Gasteiger partial charge on any atom is 0.530 e. The minimum Gasteiger partial charge on any atom is -0.404 e. The van der Waals surface area contributed by atoms with Gasteiger partial charge in [0.15, 0.2) is 0 Å². The molecule has 0 amide bonds. The van der Waals surface area contributed by atoms with Gasteiger partial charge in [-0.2, -0.15) is 0 Å². The van der Waals surface area contributed by atoms with Gasteiger partial charge in [0.1, 0.15) is 5.75 Å². The summed E-state index contributed by atoms with van der Waals surface area (Å²) in [6, 6.07) is 25.4. The highest BCUT2D eigenvalue weighted by molar-refractivity contribution is 7.48. The number of halogens is 1. The van der Waals surface area contributed by atoms with Gasteiger partial charge in [-0.3, -0.25) is 9.05 Å². The molecule has 3 rings (SSSR count). The van der Waals surface area contributed by atoms with Crippen molar-refractivity contribution in [2.24, 2.45) is 0 Å². The monoisotopic (exact) mass is 388 g/mol. The summed E-state index contributed by atoms with van der Waals surface area (Å²) in [5.74, 6) is 0.321. The van der Waals surface area contributed by atoms with Gasteiger partial charge in [0.2, 0.25) is 0 Å². The first-order chi connectivity index (χ1) is 12.6. The normalized spacial score (nSPS) is 11.3. The zero-order valence-corrected chi connectivity index (χ0v) is 15.6. The summed E-state index contributed by atoms with van der Waals surface area (Å²) >= 11 is 5.97. The van der Waals surface area contributed by atoms with Crippen LogP contribution in [0.25, 0.3) is 0 Å². The van der Waals surface area contributed by atoms with Crippen molar-refractivity contribution in [2.45, 2.75) is 13.2 Å². The fraction of sp³-hybridized carbons (Fsp3) is 0.100. The molecule has 0 fully saturated rings. The Morgan fingerprint density at radius 3 is 1.77 bits per heavy atom. The smallest absolute Gasteiger partial charge is 0.404 e. The van der Waals surface area contributed by atoms with E-state index in [1.807, 2.05) is 60.7 Å². The van der Waals surface area contributed by atoms with E-state index in [9.17, 15) is 4.57 Å². The Balaban J connectivity index is 1.74. The van der Waals surface area contributed by atoms with E-state index in [4.69, 9.17) is 25.2 Å². The van der Waals surface area contributed by atoms with Crippen LogP contribution in [-0.2, 0) is 26.8 Å². The molecule has 3 aromatic carbocycles. The maximum absolute atomic E-state index is 13.1. The Hall–Kier alpha value is -2.10. The molecule has 0 heterocycles. The van der Waals surface area contributed by atoms with E-state index < -0.39 is 7.82 Å². The lowest BCUT2D eigenvalue weighted by atomic mass is 10.2. The third-order valence-corrected chi connectivity index (χ3v) is 5.04. The zero-order valence-electron chi connectivity index (χ0n) is 14.0. The highest BCUT2D eigenvalue weighted by Crippen LogP contribution is 2.51. The second-order valence-electron chi connectivity index (χ2n) is 5.51. The predicted octanol–water partition coefficient (Wildman–Crippen LogP) is 6.26. The Bertz CT molecular complexity index is 824. The first-order valence-electron chi connectivity index (χ1n) is 8.05. The summed E-state index contributed by atoms with van der Waals surface area (Å²) in [4.78, 5) is 0. The summed E-state index contributed by atoms with van der Waals surface area (Å²) in [5.41, 5.74) is 1.73. The molecule has 0 radical (unpaired) electrons. The first kappa shape index (κ1) is 18.7. The molecule has 0 unspecified atom stereocenters. The van der Waals surface area contributed by atoms with Gasteiger partial charge in [0.25, 0.3) is 0 Å². The van der Waals surface area contributed by atoms with Gasteiger partial charge in [-0.15, -0.1) is 0 Å². The molecular formula is C20H18ClO4P. The van der Waals surface area contributed by atoms with Crippen molar-refractivity contribution < 1.29 is 18.1 Å². The third-order valence-electron chi connectivity index (χ3n) is 3.48. The topological polar surface area (TPSA) is 44.8 Å². The highest BCUT2D eigenvalue weighted by Gasteiger charge is 2.29. The number of hydrogen-bond donors (Lipinski definition) is 0. The van der Waals surface area contributed by atoms with Gasteiger partial charge in [-0.25, -0.2) is 4.57 Å². The van der Waals surface area contributed by atoms with Crippen molar-refractivity contribution in [3.05, 3.63) is 101 Å². The second kappa shape index (κ2) is 9.02. The van der Waals surface area contributed by atoms with Crippen LogP contribution < -0.4 is 4.52 Å². The average molecular weight is 389 g/mol. The van der Waals surface area contributed by atoms with E-state index in [-0.39, 0.29) is 13.2 Å². The van der Waals surface area contributed by atoms with Crippen LogP contribution in [0, 0.1) is 0 Å². The molecule has 134 valence electrons. The number of phosphoric ester groups is 1. The summed E-state index contributed by atoms with van der Waals surface area (Å²) in [6.07, 6.45) is 0. The number of phosphoric acid groups is 1. The van der Waals surface area contributed by atoms with Crippen LogP contribution in [0.15, 0.2) is 84.9 Å². The Morgan fingerprint density at radius 2 is 1.27 bits per heavy atom. The van der Waals surface area contributed by atoms with Crippen molar-refractivity contribution >= 4 is 19.4 Å². The number of rotatable bonds is 8. The first-order valence-corrected chi connectivity index (χ1v) is 9.89. The maximum atomic E-state index is 13.1. The van der Waals surface area contributed by atoms with E-state index >= 15 is 0 Å². The third kappa shape index (κ3) is 5.72. The second-order valence-corrected chi connectivity index (χ2v) is 7.54. The molecule has 0 aromatic heterocycles. The van der Waals surface area contributed by atoms with Crippen molar-refractivity contribution in [3.63, 3.8) is 0 Å². The molecule has 0 aliphatic heterocycles. The van der Waals surface area contributed by atoms with Crippen molar-refractivity contribution in [1.82, 2.24) is 0 Å². The molecule has 0 aliphatic rings. The van der Waals surface area contributed by atoms with Crippen molar-refractivity contribution in [3.8, 4) is 5.75 Å². The number of benzene rings is 3. The quantitative estimate of drug-likeness (QED) is 0.427. The van der Waals surface area contributed by atoms with E-state index in [0.29, 0.717) is 10.8 Å².